The van der Waals surface area contributed by atoms with Gasteiger partial charge in [0.1, 0.15) is 0 Å². The zero-order chi connectivity index (χ0) is 12.4. The van der Waals surface area contributed by atoms with Gasteiger partial charge in [0.15, 0.2) is 0 Å². The molecule has 0 saturated carbocycles. The van der Waals surface area contributed by atoms with Crippen LogP contribution in [0.4, 0.5) is 0 Å². The Morgan fingerprint density at radius 1 is 0.812 bits per heavy atom. The van der Waals surface area contributed by atoms with Crippen molar-refractivity contribution in [2.75, 3.05) is 6.61 Å². The third-order valence-corrected chi connectivity index (χ3v) is 3.94. The van der Waals surface area contributed by atoms with E-state index in [1.807, 2.05) is 0 Å². The van der Waals surface area contributed by atoms with E-state index in [0.717, 1.165) is 16.3 Å². The highest BCUT2D eigenvalue weighted by atomic mass is 127. The van der Waals surface area contributed by atoms with Crippen LogP contribution in [0.2, 0.25) is 0 Å². The SMILES string of the molecule is CC(I)CCC[C@@H](C)CCC[C@H](C)CCO. The van der Waals surface area contributed by atoms with E-state index in [1.165, 1.54) is 38.5 Å². The number of hydrogen-bond donors (Lipinski definition) is 1. The molecule has 0 aromatic rings. The van der Waals surface area contributed by atoms with Crippen molar-refractivity contribution in [1.82, 2.24) is 0 Å². The first-order valence-corrected chi connectivity index (χ1v) is 8.05. The van der Waals surface area contributed by atoms with E-state index in [4.69, 9.17) is 5.11 Å². The van der Waals surface area contributed by atoms with Gasteiger partial charge in [-0.05, 0) is 24.7 Å². The van der Waals surface area contributed by atoms with Gasteiger partial charge >= 0.3 is 0 Å². The number of aliphatic hydroxyl groups is 1. The second kappa shape index (κ2) is 10.8. The molecular formula is C14H29IO. The normalized spacial score (nSPS) is 17.1. The highest BCUT2D eigenvalue weighted by molar-refractivity contribution is 14.1. The maximum Gasteiger partial charge on any atom is 0.0433 e. The molecule has 1 nitrogen and oxygen atoms in total. The highest BCUT2D eigenvalue weighted by Gasteiger charge is 2.06. The molecule has 16 heavy (non-hydrogen) atoms. The fourth-order valence-electron chi connectivity index (χ4n) is 2.07. The molecule has 0 aliphatic heterocycles. The standard InChI is InChI=1S/C14H29IO/c1-12(8-5-9-14(3)15)6-4-7-13(2)10-11-16/h12-14,16H,4-11H2,1-3H3/t12-,13-,14?/m0/s1. The first-order valence-electron chi connectivity index (χ1n) is 6.81. The van der Waals surface area contributed by atoms with Gasteiger partial charge in [-0.1, -0.05) is 75.5 Å². The molecule has 0 rings (SSSR count). The molecule has 0 spiro atoms. The summed E-state index contributed by atoms with van der Waals surface area (Å²) < 4.78 is 0.828. The predicted molar refractivity (Wildman–Crippen MR) is 81.2 cm³/mol. The second-order valence-corrected chi connectivity index (χ2v) is 7.49. The minimum absolute atomic E-state index is 0.351. The van der Waals surface area contributed by atoms with E-state index in [2.05, 4.69) is 43.4 Å². The maximum absolute atomic E-state index is 8.81. The Hall–Kier alpha value is 0.690. The van der Waals surface area contributed by atoms with Gasteiger partial charge in [-0.2, -0.15) is 0 Å². The smallest absolute Gasteiger partial charge is 0.0433 e. The van der Waals surface area contributed by atoms with E-state index >= 15 is 0 Å². The molecule has 3 atom stereocenters. The molecule has 98 valence electrons. The number of hydrogen-bond acceptors (Lipinski definition) is 1. The van der Waals surface area contributed by atoms with Crippen molar-refractivity contribution in [3.05, 3.63) is 0 Å². The summed E-state index contributed by atoms with van der Waals surface area (Å²) in [7, 11) is 0. The molecule has 0 heterocycles. The lowest BCUT2D eigenvalue weighted by atomic mass is 9.94. The zero-order valence-electron chi connectivity index (χ0n) is 11.2. The van der Waals surface area contributed by atoms with Crippen LogP contribution in [-0.2, 0) is 0 Å². The summed E-state index contributed by atoms with van der Waals surface area (Å²) in [5.74, 6) is 1.59. The summed E-state index contributed by atoms with van der Waals surface area (Å²) in [6.45, 7) is 7.28. The molecular weight excluding hydrogens is 311 g/mol. The predicted octanol–water partition coefficient (Wildman–Crippen LogP) is 4.81. The van der Waals surface area contributed by atoms with Crippen LogP contribution < -0.4 is 0 Å². The van der Waals surface area contributed by atoms with Crippen LogP contribution in [-0.4, -0.2) is 15.6 Å². The summed E-state index contributed by atoms with van der Waals surface area (Å²) >= 11 is 2.51. The summed E-state index contributed by atoms with van der Waals surface area (Å²) in [5, 5.41) is 8.81. The fraction of sp³-hybridized carbons (Fsp3) is 1.00. The molecule has 1 N–H and O–H groups in total. The van der Waals surface area contributed by atoms with Crippen LogP contribution in [0, 0.1) is 11.8 Å². The average Bonchev–Trinajstić information content (AvgIpc) is 2.17. The van der Waals surface area contributed by atoms with Crippen molar-refractivity contribution in [3.63, 3.8) is 0 Å². The second-order valence-electron chi connectivity index (χ2n) is 5.37. The Balaban J connectivity index is 3.32. The van der Waals surface area contributed by atoms with Crippen LogP contribution in [0.5, 0.6) is 0 Å². The van der Waals surface area contributed by atoms with Gasteiger partial charge in [0.25, 0.3) is 0 Å². The van der Waals surface area contributed by atoms with Crippen molar-refractivity contribution in [1.29, 1.82) is 0 Å². The molecule has 0 aliphatic rings. The van der Waals surface area contributed by atoms with E-state index < -0.39 is 0 Å². The van der Waals surface area contributed by atoms with Crippen LogP contribution in [0.1, 0.15) is 65.7 Å². The van der Waals surface area contributed by atoms with Crippen LogP contribution in [0.15, 0.2) is 0 Å². The zero-order valence-corrected chi connectivity index (χ0v) is 13.4. The number of halogens is 1. The van der Waals surface area contributed by atoms with Crippen LogP contribution in [0.3, 0.4) is 0 Å². The van der Waals surface area contributed by atoms with Crippen molar-refractivity contribution in [2.45, 2.75) is 69.6 Å². The summed E-state index contributed by atoms with van der Waals surface area (Å²) in [5.41, 5.74) is 0. The lowest BCUT2D eigenvalue weighted by Crippen LogP contribution is -2.01. The van der Waals surface area contributed by atoms with Gasteiger partial charge in [-0.3, -0.25) is 0 Å². The Morgan fingerprint density at radius 2 is 1.25 bits per heavy atom. The third kappa shape index (κ3) is 11.2. The van der Waals surface area contributed by atoms with Crippen molar-refractivity contribution in [2.24, 2.45) is 11.8 Å². The summed E-state index contributed by atoms with van der Waals surface area (Å²) in [6.07, 6.45) is 9.10. The molecule has 2 heteroatoms. The van der Waals surface area contributed by atoms with Crippen LogP contribution >= 0.6 is 22.6 Å². The van der Waals surface area contributed by atoms with Gasteiger partial charge < -0.3 is 5.11 Å². The van der Waals surface area contributed by atoms with Gasteiger partial charge in [0, 0.05) is 10.5 Å². The number of alkyl halides is 1. The van der Waals surface area contributed by atoms with Gasteiger partial charge in [-0.15, -0.1) is 0 Å². The quantitative estimate of drug-likeness (QED) is 0.447. The van der Waals surface area contributed by atoms with Crippen molar-refractivity contribution < 1.29 is 5.11 Å². The Bertz CT molecular complexity index is 148. The van der Waals surface area contributed by atoms with Gasteiger partial charge in [0.05, 0.1) is 0 Å². The van der Waals surface area contributed by atoms with E-state index in [1.54, 1.807) is 0 Å². The molecule has 0 bridgehead atoms. The summed E-state index contributed by atoms with van der Waals surface area (Å²) in [6, 6.07) is 0. The minimum atomic E-state index is 0.351. The van der Waals surface area contributed by atoms with Crippen molar-refractivity contribution >= 4 is 22.6 Å². The molecule has 0 aromatic carbocycles. The minimum Gasteiger partial charge on any atom is -0.396 e. The molecule has 1 unspecified atom stereocenters. The van der Waals surface area contributed by atoms with E-state index in [9.17, 15) is 0 Å². The maximum atomic E-state index is 8.81. The molecule has 0 fully saturated rings. The third-order valence-electron chi connectivity index (χ3n) is 3.31. The van der Waals surface area contributed by atoms with Crippen molar-refractivity contribution in [3.8, 4) is 0 Å². The average molecular weight is 340 g/mol. The number of rotatable bonds is 10. The lowest BCUT2D eigenvalue weighted by Gasteiger charge is -2.14. The molecule has 0 radical (unpaired) electrons. The first kappa shape index (κ1) is 16.7. The van der Waals surface area contributed by atoms with Gasteiger partial charge in [0.2, 0.25) is 0 Å². The lowest BCUT2D eigenvalue weighted by molar-refractivity contribution is 0.255. The summed E-state index contributed by atoms with van der Waals surface area (Å²) in [4.78, 5) is 0. The van der Waals surface area contributed by atoms with E-state index in [-0.39, 0.29) is 0 Å². The fourth-order valence-corrected chi connectivity index (χ4v) is 2.51. The molecule has 0 aliphatic carbocycles. The topological polar surface area (TPSA) is 20.2 Å². The molecule has 0 aromatic heterocycles. The van der Waals surface area contributed by atoms with Crippen LogP contribution in [0.25, 0.3) is 0 Å². The largest absolute Gasteiger partial charge is 0.396 e. The molecule has 0 saturated heterocycles. The Morgan fingerprint density at radius 3 is 1.69 bits per heavy atom. The Labute approximate surface area is 116 Å². The number of aliphatic hydroxyl groups excluding tert-OH is 1. The highest BCUT2D eigenvalue weighted by Crippen LogP contribution is 2.20. The monoisotopic (exact) mass is 340 g/mol. The molecule has 0 amide bonds. The van der Waals surface area contributed by atoms with Gasteiger partial charge in [-0.25, -0.2) is 0 Å². The first-order chi connectivity index (χ1) is 7.56. The Kier molecular flexibility index (Phi) is 11.3. The van der Waals surface area contributed by atoms with E-state index in [0.29, 0.717) is 12.5 Å².